The van der Waals surface area contributed by atoms with Gasteiger partial charge in [-0.25, -0.2) is 4.79 Å². The molecule has 2 saturated carbocycles. The van der Waals surface area contributed by atoms with Gasteiger partial charge in [-0.05, 0) is 54.4 Å². The molecule has 7 rings (SSSR count). The number of amides is 2. The number of carboxylic acid groups (broad SMARTS) is 1. The smallest absolute Gasteiger partial charge is 0.335 e. The van der Waals surface area contributed by atoms with Crippen molar-refractivity contribution in [2.75, 3.05) is 0 Å². The van der Waals surface area contributed by atoms with Crippen molar-refractivity contribution in [1.82, 2.24) is 5.01 Å². The maximum absolute atomic E-state index is 12.9. The number of carbonyl (C=O) groups excluding carboxylic acids is 2. The van der Waals surface area contributed by atoms with Crippen molar-refractivity contribution in [3.05, 3.63) is 59.9 Å². The Bertz CT molecular complexity index is 1110. The molecule has 2 aromatic rings. The van der Waals surface area contributed by atoms with Crippen LogP contribution in [0.3, 0.4) is 0 Å². The molecule has 1 aromatic heterocycles. The summed E-state index contributed by atoms with van der Waals surface area (Å²) in [6.45, 7) is 0. The Morgan fingerprint density at radius 3 is 2.23 bits per heavy atom. The molecule has 3 fully saturated rings. The van der Waals surface area contributed by atoms with Crippen LogP contribution in [0, 0.1) is 35.5 Å². The van der Waals surface area contributed by atoms with Crippen molar-refractivity contribution in [3.8, 4) is 11.3 Å². The number of carbonyl (C=O) groups is 3. The maximum Gasteiger partial charge on any atom is 0.335 e. The van der Waals surface area contributed by atoms with Crippen molar-refractivity contribution < 1.29 is 23.9 Å². The van der Waals surface area contributed by atoms with Gasteiger partial charge in [0.05, 0.1) is 23.6 Å². The van der Waals surface area contributed by atoms with E-state index >= 15 is 0 Å². The Balaban J connectivity index is 1.22. The third kappa shape index (κ3) is 2.38. The Labute approximate surface area is 171 Å². The lowest BCUT2D eigenvalue weighted by Gasteiger charge is -2.37. The Morgan fingerprint density at radius 2 is 1.63 bits per heavy atom. The second kappa shape index (κ2) is 6.01. The normalized spacial score (nSPS) is 33.3. The standard InChI is InChI=1S/C23H18N2O5/c26-21-19-14-6-7-15(17-9-16(14)17)20(19)22(27)25(21)24-10-13-5-8-18(30-13)11-1-3-12(4-2-11)23(28)29/h1-8,10,14-17,19-20H,9H2,(H,28,29)/t14-,15-,16-,17-,19-,20+/m0/s1. The monoisotopic (exact) mass is 402 g/mol. The summed E-state index contributed by atoms with van der Waals surface area (Å²) in [5, 5.41) is 14.2. The van der Waals surface area contributed by atoms with Gasteiger partial charge in [-0.3, -0.25) is 9.59 Å². The summed E-state index contributed by atoms with van der Waals surface area (Å²) in [6.07, 6.45) is 6.78. The zero-order chi connectivity index (χ0) is 20.6. The molecule has 4 aliphatic carbocycles. The summed E-state index contributed by atoms with van der Waals surface area (Å²) in [7, 11) is 0. The molecule has 1 aliphatic heterocycles. The number of hydrogen-bond donors (Lipinski definition) is 1. The molecule has 7 nitrogen and oxygen atoms in total. The number of carboxylic acids is 1. The Morgan fingerprint density at radius 1 is 1.00 bits per heavy atom. The largest absolute Gasteiger partial charge is 0.478 e. The minimum atomic E-state index is -0.990. The first-order valence-electron chi connectivity index (χ1n) is 10.1. The molecule has 7 heteroatoms. The fourth-order valence-corrected chi connectivity index (χ4v) is 5.52. The SMILES string of the molecule is O=C(O)c1ccc(-c2ccc(C=NN3C(=O)[C@@H]4[C@H]5C=C[C@@H]([C@@H]6C[C@@H]56)[C@@H]4C3=O)o2)cc1. The molecule has 1 N–H and O–H groups in total. The predicted molar refractivity (Wildman–Crippen MR) is 105 cm³/mol. The van der Waals surface area contributed by atoms with Gasteiger partial charge in [-0.1, -0.05) is 24.3 Å². The summed E-state index contributed by atoms with van der Waals surface area (Å²) in [5.41, 5.74) is 0.918. The van der Waals surface area contributed by atoms with Crippen LogP contribution in [-0.4, -0.2) is 34.1 Å². The minimum absolute atomic E-state index is 0.172. The van der Waals surface area contributed by atoms with Gasteiger partial charge in [0, 0.05) is 5.56 Å². The van der Waals surface area contributed by atoms with Gasteiger partial charge < -0.3 is 9.52 Å². The summed E-state index contributed by atoms with van der Waals surface area (Å²) in [4.78, 5) is 36.8. The zero-order valence-electron chi connectivity index (χ0n) is 15.8. The first-order valence-corrected chi connectivity index (χ1v) is 10.1. The summed E-state index contributed by atoms with van der Waals surface area (Å²) >= 11 is 0. The lowest BCUT2D eigenvalue weighted by Crippen LogP contribution is -2.40. The van der Waals surface area contributed by atoms with Gasteiger partial charge >= 0.3 is 5.97 Å². The molecule has 1 aromatic carbocycles. The fourth-order valence-electron chi connectivity index (χ4n) is 5.52. The van der Waals surface area contributed by atoms with Crippen LogP contribution in [-0.2, 0) is 9.59 Å². The van der Waals surface area contributed by atoms with E-state index in [9.17, 15) is 14.4 Å². The average molecular weight is 402 g/mol. The van der Waals surface area contributed by atoms with Gasteiger partial charge in [0.15, 0.2) is 0 Å². The summed E-state index contributed by atoms with van der Waals surface area (Å²) < 4.78 is 5.74. The number of hydrogen-bond acceptors (Lipinski definition) is 5. The molecular weight excluding hydrogens is 384 g/mol. The van der Waals surface area contributed by atoms with Crippen LogP contribution in [0.25, 0.3) is 11.3 Å². The highest BCUT2D eigenvalue weighted by Crippen LogP contribution is 2.65. The van der Waals surface area contributed by atoms with E-state index in [4.69, 9.17) is 9.52 Å². The number of rotatable bonds is 4. The summed E-state index contributed by atoms with van der Waals surface area (Å²) in [5.74, 6) is 0.469. The number of imide groups is 1. The van der Waals surface area contributed by atoms with Gasteiger partial charge in [-0.2, -0.15) is 10.1 Å². The van der Waals surface area contributed by atoms with Gasteiger partial charge in [-0.15, -0.1) is 0 Å². The molecule has 2 amide bonds. The van der Waals surface area contributed by atoms with E-state index in [0.717, 1.165) is 17.0 Å². The van der Waals surface area contributed by atoms with E-state index in [0.29, 0.717) is 23.4 Å². The predicted octanol–water partition coefficient (Wildman–Crippen LogP) is 3.03. The second-order valence-electron chi connectivity index (χ2n) is 8.47. The van der Waals surface area contributed by atoms with E-state index < -0.39 is 5.97 Å². The summed E-state index contributed by atoms with van der Waals surface area (Å²) in [6, 6.07) is 9.77. The lowest BCUT2D eigenvalue weighted by molar-refractivity contribution is -0.140. The van der Waals surface area contributed by atoms with Crippen LogP contribution in [0.5, 0.6) is 0 Å². The molecular formula is C23H18N2O5. The van der Waals surface area contributed by atoms with Crippen LogP contribution in [0.2, 0.25) is 0 Å². The highest BCUT2D eigenvalue weighted by Gasteiger charge is 2.67. The van der Waals surface area contributed by atoms with Crippen LogP contribution < -0.4 is 0 Å². The molecule has 30 heavy (non-hydrogen) atoms. The number of nitrogens with zero attached hydrogens (tertiary/aromatic N) is 2. The molecule has 2 heterocycles. The van der Waals surface area contributed by atoms with Crippen LogP contribution in [0.4, 0.5) is 0 Å². The number of hydrazone groups is 1. The van der Waals surface area contributed by atoms with Crippen molar-refractivity contribution in [2.24, 2.45) is 40.6 Å². The molecule has 2 bridgehead atoms. The molecule has 150 valence electrons. The van der Waals surface area contributed by atoms with Crippen LogP contribution in [0.15, 0.2) is 58.1 Å². The van der Waals surface area contributed by atoms with Gasteiger partial charge in [0.1, 0.15) is 11.5 Å². The Kier molecular flexibility index (Phi) is 3.48. The van der Waals surface area contributed by atoms with Crippen LogP contribution >= 0.6 is 0 Å². The van der Waals surface area contributed by atoms with Crippen molar-refractivity contribution in [1.29, 1.82) is 0 Å². The molecule has 0 radical (unpaired) electrons. The lowest BCUT2D eigenvalue weighted by atomic mass is 9.63. The number of aromatic carboxylic acids is 1. The molecule has 1 saturated heterocycles. The van der Waals surface area contributed by atoms with E-state index in [2.05, 4.69) is 17.3 Å². The molecule has 0 unspecified atom stereocenters. The van der Waals surface area contributed by atoms with Crippen LogP contribution in [0.1, 0.15) is 22.5 Å². The average Bonchev–Trinajstić information content (AvgIpc) is 3.39. The minimum Gasteiger partial charge on any atom is -0.478 e. The van der Waals surface area contributed by atoms with E-state index in [1.165, 1.54) is 18.3 Å². The van der Waals surface area contributed by atoms with Crippen molar-refractivity contribution in [3.63, 3.8) is 0 Å². The second-order valence-corrected chi connectivity index (χ2v) is 8.47. The highest BCUT2D eigenvalue weighted by atomic mass is 16.4. The van der Waals surface area contributed by atoms with E-state index in [1.807, 2.05) is 0 Å². The molecule has 6 atom stereocenters. The van der Waals surface area contributed by atoms with E-state index in [-0.39, 0.29) is 41.0 Å². The zero-order valence-corrected chi connectivity index (χ0v) is 15.8. The third-order valence-corrected chi connectivity index (χ3v) is 6.98. The van der Waals surface area contributed by atoms with E-state index in [1.54, 1.807) is 24.3 Å². The highest BCUT2D eigenvalue weighted by molar-refractivity contribution is 6.06. The first-order chi connectivity index (χ1) is 14.5. The van der Waals surface area contributed by atoms with Crippen molar-refractivity contribution >= 4 is 24.0 Å². The molecule has 0 spiro atoms. The number of benzene rings is 1. The number of furan rings is 1. The fraction of sp³-hybridized carbons (Fsp3) is 0.304. The quantitative estimate of drug-likeness (QED) is 0.481. The first kappa shape index (κ1) is 17.4. The molecule has 5 aliphatic rings. The van der Waals surface area contributed by atoms with Gasteiger partial charge in [0.2, 0.25) is 0 Å². The third-order valence-electron chi connectivity index (χ3n) is 6.98. The topological polar surface area (TPSA) is 100 Å². The Hall–Kier alpha value is -3.48. The van der Waals surface area contributed by atoms with Gasteiger partial charge in [0.25, 0.3) is 11.8 Å². The maximum atomic E-state index is 12.9. The number of allylic oxidation sites excluding steroid dienone is 2. The van der Waals surface area contributed by atoms with Crippen molar-refractivity contribution in [2.45, 2.75) is 6.42 Å².